The SMILES string of the molecule is COC(=O)C1=C(Nc2cc(C(F)(F)F)cc(Br)c2O)C(=O)N(CCO)C1. The van der Waals surface area contributed by atoms with Gasteiger partial charge in [-0.3, -0.25) is 4.79 Å². The molecule has 0 bridgehead atoms. The Labute approximate surface area is 154 Å². The van der Waals surface area contributed by atoms with Gasteiger partial charge in [-0.05, 0) is 28.1 Å². The number of alkyl halides is 3. The summed E-state index contributed by atoms with van der Waals surface area (Å²) < 4.78 is 43.3. The van der Waals surface area contributed by atoms with Crippen LogP contribution in [0.15, 0.2) is 27.9 Å². The fourth-order valence-electron chi connectivity index (χ4n) is 2.34. The van der Waals surface area contributed by atoms with Gasteiger partial charge in [0.25, 0.3) is 5.91 Å². The third-order valence-electron chi connectivity index (χ3n) is 3.60. The lowest BCUT2D eigenvalue weighted by Crippen LogP contribution is -2.31. The minimum atomic E-state index is -4.69. The van der Waals surface area contributed by atoms with Gasteiger partial charge in [-0.25, -0.2) is 4.79 Å². The molecule has 1 aromatic rings. The second kappa shape index (κ2) is 7.54. The molecule has 0 fully saturated rings. The van der Waals surface area contributed by atoms with Crippen molar-refractivity contribution in [2.45, 2.75) is 6.18 Å². The van der Waals surface area contributed by atoms with Crippen LogP contribution >= 0.6 is 15.9 Å². The second-order valence-corrected chi connectivity index (χ2v) is 6.13. The van der Waals surface area contributed by atoms with Gasteiger partial charge >= 0.3 is 12.1 Å². The average Bonchev–Trinajstić information content (AvgIpc) is 2.87. The molecule has 2 rings (SSSR count). The number of β-amino-alcohol motifs (C(OH)–C–C–N with tert-alkyl or cyclic N) is 1. The highest BCUT2D eigenvalue weighted by Crippen LogP contribution is 2.40. The molecule has 1 aliphatic heterocycles. The summed E-state index contributed by atoms with van der Waals surface area (Å²) in [5.41, 5.74) is -1.93. The molecule has 1 amide bonds. The van der Waals surface area contributed by atoms with Crippen molar-refractivity contribution in [1.82, 2.24) is 4.90 Å². The summed E-state index contributed by atoms with van der Waals surface area (Å²) in [6.45, 7) is -0.633. The lowest BCUT2D eigenvalue weighted by atomic mass is 10.1. The first-order chi connectivity index (χ1) is 12.1. The molecular weight excluding hydrogens is 425 g/mol. The van der Waals surface area contributed by atoms with Crippen LogP contribution < -0.4 is 5.32 Å². The van der Waals surface area contributed by atoms with Gasteiger partial charge < -0.3 is 25.2 Å². The summed E-state index contributed by atoms with van der Waals surface area (Å²) in [6.07, 6.45) is -4.69. The van der Waals surface area contributed by atoms with Gasteiger partial charge in [-0.15, -0.1) is 0 Å². The number of aliphatic hydroxyl groups excluding tert-OH is 1. The maximum Gasteiger partial charge on any atom is 0.416 e. The van der Waals surface area contributed by atoms with E-state index in [0.29, 0.717) is 12.1 Å². The van der Waals surface area contributed by atoms with Crippen molar-refractivity contribution in [2.75, 3.05) is 32.1 Å². The highest BCUT2D eigenvalue weighted by atomic mass is 79.9. The van der Waals surface area contributed by atoms with E-state index in [4.69, 9.17) is 5.11 Å². The van der Waals surface area contributed by atoms with Crippen LogP contribution in [0.1, 0.15) is 5.56 Å². The number of nitrogens with one attached hydrogen (secondary N) is 1. The number of aromatic hydroxyl groups is 1. The number of carbonyl (C=O) groups is 2. The van der Waals surface area contributed by atoms with Crippen molar-refractivity contribution in [3.8, 4) is 5.75 Å². The molecule has 7 nitrogen and oxygen atoms in total. The van der Waals surface area contributed by atoms with Crippen molar-refractivity contribution >= 4 is 33.5 Å². The van der Waals surface area contributed by atoms with Crippen LogP contribution in [-0.4, -0.2) is 53.8 Å². The van der Waals surface area contributed by atoms with Gasteiger partial charge in [0, 0.05) is 6.54 Å². The van der Waals surface area contributed by atoms with Crippen molar-refractivity contribution in [3.05, 3.63) is 33.4 Å². The molecule has 0 saturated carbocycles. The van der Waals surface area contributed by atoms with Crippen LogP contribution in [0.3, 0.4) is 0 Å². The van der Waals surface area contributed by atoms with Gasteiger partial charge in [0.2, 0.25) is 0 Å². The number of esters is 1. The average molecular weight is 439 g/mol. The van der Waals surface area contributed by atoms with Gasteiger partial charge in [0.05, 0.1) is 41.6 Å². The highest BCUT2D eigenvalue weighted by Gasteiger charge is 2.36. The summed E-state index contributed by atoms with van der Waals surface area (Å²) in [4.78, 5) is 25.4. The minimum Gasteiger partial charge on any atom is -0.505 e. The quantitative estimate of drug-likeness (QED) is 0.479. The number of hydrogen-bond acceptors (Lipinski definition) is 6. The van der Waals surface area contributed by atoms with E-state index in [0.717, 1.165) is 12.0 Å². The number of phenols is 1. The van der Waals surface area contributed by atoms with Crippen LogP contribution in [0.5, 0.6) is 5.75 Å². The van der Waals surface area contributed by atoms with Crippen LogP contribution in [0.25, 0.3) is 0 Å². The number of methoxy groups -OCH3 is 1. The predicted molar refractivity (Wildman–Crippen MR) is 87.1 cm³/mol. The zero-order valence-corrected chi connectivity index (χ0v) is 14.9. The Morgan fingerprint density at radius 1 is 1.42 bits per heavy atom. The van der Waals surface area contributed by atoms with Crippen LogP contribution in [0.4, 0.5) is 18.9 Å². The number of carbonyl (C=O) groups excluding carboxylic acids is 2. The summed E-state index contributed by atoms with van der Waals surface area (Å²) in [6, 6.07) is 1.30. The molecule has 26 heavy (non-hydrogen) atoms. The van der Waals surface area contributed by atoms with Gasteiger partial charge in [0.15, 0.2) is 5.75 Å². The molecule has 0 aliphatic carbocycles. The molecule has 3 N–H and O–H groups in total. The second-order valence-electron chi connectivity index (χ2n) is 5.27. The number of nitrogens with zero attached hydrogens (tertiary/aromatic N) is 1. The third kappa shape index (κ3) is 3.93. The number of anilines is 1. The number of rotatable bonds is 5. The Hall–Kier alpha value is -2.27. The van der Waals surface area contributed by atoms with E-state index in [2.05, 4.69) is 26.0 Å². The Balaban J connectivity index is 2.48. The summed E-state index contributed by atoms with van der Waals surface area (Å²) in [5.74, 6) is -2.14. The molecule has 1 heterocycles. The molecule has 142 valence electrons. The van der Waals surface area contributed by atoms with Crippen LogP contribution in [0, 0.1) is 0 Å². The van der Waals surface area contributed by atoms with Gasteiger partial charge in [0.1, 0.15) is 5.70 Å². The number of halogens is 4. The van der Waals surface area contributed by atoms with Crippen molar-refractivity contribution in [2.24, 2.45) is 0 Å². The standard InChI is InChI=1S/C15H14BrF3N2O5/c1-26-14(25)8-6-21(2-3-22)13(24)11(8)20-10-5-7(15(17,18)19)4-9(16)12(10)23/h4-5,20,22-23H,2-3,6H2,1H3. The zero-order chi connectivity index (χ0) is 19.6. The number of ether oxygens (including phenoxy) is 1. The third-order valence-corrected chi connectivity index (χ3v) is 4.21. The van der Waals surface area contributed by atoms with Crippen molar-refractivity contribution in [1.29, 1.82) is 0 Å². The largest absolute Gasteiger partial charge is 0.505 e. The van der Waals surface area contributed by atoms with Crippen LogP contribution in [0.2, 0.25) is 0 Å². The zero-order valence-electron chi connectivity index (χ0n) is 13.4. The molecular formula is C15H14BrF3N2O5. The van der Waals surface area contributed by atoms with Crippen molar-refractivity contribution < 1.29 is 37.7 Å². The van der Waals surface area contributed by atoms with E-state index < -0.39 is 35.1 Å². The molecule has 0 spiro atoms. The highest BCUT2D eigenvalue weighted by molar-refractivity contribution is 9.10. The first-order valence-electron chi connectivity index (χ1n) is 7.18. The molecule has 1 aliphatic rings. The number of hydrogen-bond donors (Lipinski definition) is 3. The summed E-state index contributed by atoms with van der Waals surface area (Å²) in [5, 5.41) is 21.4. The van der Waals surface area contributed by atoms with E-state index >= 15 is 0 Å². The van der Waals surface area contributed by atoms with E-state index in [1.165, 1.54) is 0 Å². The predicted octanol–water partition coefficient (Wildman–Crippen LogP) is 1.85. The molecule has 0 atom stereocenters. The fraction of sp³-hybridized carbons (Fsp3) is 0.333. The summed E-state index contributed by atoms with van der Waals surface area (Å²) >= 11 is 2.82. The molecule has 1 aromatic carbocycles. The van der Waals surface area contributed by atoms with E-state index in [-0.39, 0.29) is 35.4 Å². The Kier molecular flexibility index (Phi) is 5.81. The van der Waals surface area contributed by atoms with Crippen LogP contribution in [-0.2, 0) is 20.5 Å². The lowest BCUT2D eigenvalue weighted by Gasteiger charge is -2.16. The smallest absolute Gasteiger partial charge is 0.416 e. The fourth-order valence-corrected chi connectivity index (χ4v) is 2.80. The van der Waals surface area contributed by atoms with E-state index in [1.807, 2.05) is 0 Å². The monoisotopic (exact) mass is 438 g/mol. The first-order valence-corrected chi connectivity index (χ1v) is 7.97. The Morgan fingerprint density at radius 3 is 2.62 bits per heavy atom. The van der Waals surface area contributed by atoms with Crippen molar-refractivity contribution in [3.63, 3.8) is 0 Å². The number of phenolic OH excluding ortho intramolecular Hbond substituents is 1. The molecule has 0 saturated heterocycles. The van der Waals surface area contributed by atoms with Gasteiger partial charge in [-0.1, -0.05) is 0 Å². The Morgan fingerprint density at radius 2 is 2.08 bits per heavy atom. The maximum absolute atomic E-state index is 13.0. The maximum atomic E-state index is 13.0. The molecule has 11 heteroatoms. The normalized spacial score (nSPS) is 14.8. The summed E-state index contributed by atoms with van der Waals surface area (Å²) in [7, 11) is 1.09. The van der Waals surface area contributed by atoms with E-state index in [9.17, 15) is 27.9 Å². The molecule has 0 aromatic heterocycles. The topological polar surface area (TPSA) is 99.1 Å². The molecule has 0 radical (unpaired) electrons. The number of benzene rings is 1. The first kappa shape index (κ1) is 20.0. The molecule has 0 unspecified atom stereocenters. The lowest BCUT2D eigenvalue weighted by molar-refractivity contribution is -0.138. The number of aliphatic hydroxyl groups is 1. The number of amides is 1. The minimum absolute atomic E-state index is 0.0806. The van der Waals surface area contributed by atoms with Gasteiger partial charge in [-0.2, -0.15) is 13.2 Å². The Bertz CT molecular complexity index is 779. The van der Waals surface area contributed by atoms with E-state index in [1.54, 1.807) is 0 Å².